The molecule has 0 radical (unpaired) electrons. The first-order chi connectivity index (χ1) is 17.2. The van der Waals surface area contributed by atoms with Crippen LogP contribution in [0.1, 0.15) is 63.9 Å². The van der Waals surface area contributed by atoms with Gasteiger partial charge >= 0.3 is 0 Å². The summed E-state index contributed by atoms with van der Waals surface area (Å²) in [6, 6.07) is 8.94. The molecule has 2 fully saturated rings. The number of fused-ring (bicyclic) bond motifs is 4. The minimum atomic E-state index is -1.10. The Hall–Kier alpha value is -2.44. The maximum Gasteiger partial charge on any atom is 0.219 e. The van der Waals surface area contributed by atoms with Crippen LogP contribution in [0, 0.1) is 23.2 Å². The molecular formula is C30H40N2O4. The third-order valence-corrected chi connectivity index (χ3v) is 9.96. The molecule has 0 saturated heterocycles. The van der Waals surface area contributed by atoms with Gasteiger partial charge < -0.3 is 19.6 Å². The fourth-order valence-electron chi connectivity index (χ4n) is 8.17. The maximum absolute atomic E-state index is 12.8. The van der Waals surface area contributed by atoms with Crippen LogP contribution in [0.5, 0.6) is 0 Å². The first-order valence-corrected chi connectivity index (χ1v) is 13.2. The number of ether oxygens (including phenoxy) is 2. The lowest BCUT2D eigenvalue weighted by Gasteiger charge is -2.53. The van der Waals surface area contributed by atoms with Crippen molar-refractivity contribution in [1.29, 1.82) is 0 Å². The van der Waals surface area contributed by atoms with Crippen LogP contribution in [-0.2, 0) is 14.3 Å². The van der Waals surface area contributed by atoms with Crippen LogP contribution in [0.3, 0.4) is 0 Å². The van der Waals surface area contributed by atoms with Crippen LogP contribution in [0.15, 0.2) is 52.2 Å². The topological polar surface area (TPSA) is 71.4 Å². The molecule has 4 aliphatic carbocycles. The highest BCUT2D eigenvalue weighted by molar-refractivity contribution is 6.03. The predicted octanol–water partition coefficient (Wildman–Crippen LogP) is 5.72. The van der Waals surface area contributed by atoms with Crippen LogP contribution in [0.2, 0.25) is 0 Å². The third-order valence-electron chi connectivity index (χ3n) is 9.96. The SMILES string of the molecule is COC1(OC)CC2=C3[C@@H](CCC2=CC1=NO)[C@@H]1CC[C@H](C(C)=O)[C@@]1(C)C[C@@H]3c1ccc(N(C)C)cc1. The molecule has 1 aromatic rings. The number of nitrogens with zero attached hydrogens (tertiary/aromatic N) is 2. The minimum absolute atomic E-state index is 0.00134. The highest BCUT2D eigenvalue weighted by Gasteiger charge is 2.58. The van der Waals surface area contributed by atoms with Crippen LogP contribution < -0.4 is 4.90 Å². The van der Waals surface area contributed by atoms with Gasteiger partial charge in [0.15, 0.2) is 0 Å². The number of carbonyl (C=O) groups is 1. The molecule has 194 valence electrons. The van der Waals surface area contributed by atoms with Crippen LogP contribution in [0.25, 0.3) is 0 Å². The van der Waals surface area contributed by atoms with E-state index in [1.54, 1.807) is 21.1 Å². The van der Waals surface area contributed by atoms with Gasteiger partial charge in [-0.05, 0) is 91.2 Å². The molecule has 0 unspecified atom stereocenters. The normalized spacial score (nSPS) is 34.1. The molecule has 0 amide bonds. The van der Waals surface area contributed by atoms with Gasteiger partial charge in [-0.25, -0.2) is 0 Å². The summed E-state index contributed by atoms with van der Waals surface area (Å²) >= 11 is 0. The molecule has 36 heavy (non-hydrogen) atoms. The summed E-state index contributed by atoms with van der Waals surface area (Å²) in [7, 11) is 7.35. The number of allylic oxidation sites excluding steroid dienone is 2. The summed E-state index contributed by atoms with van der Waals surface area (Å²) in [5.41, 5.74) is 6.95. The van der Waals surface area contributed by atoms with E-state index < -0.39 is 5.79 Å². The Balaban J connectivity index is 1.70. The first kappa shape index (κ1) is 25.2. The van der Waals surface area contributed by atoms with E-state index in [-0.39, 0.29) is 17.3 Å². The second kappa shape index (κ2) is 9.14. The summed E-state index contributed by atoms with van der Waals surface area (Å²) < 4.78 is 11.7. The van der Waals surface area contributed by atoms with Crippen molar-refractivity contribution in [2.24, 2.45) is 28.3 Å². The summed E-state index contributed by atoms with van der Waals surface area (Å²) in [6.45, 7) is 4.17. The van der Waals surface area contributed by atoms with E-state index in [1.165, 1.54) is 28.0 Å². The second-order valence-corrected chi connectivity index (χ2v) is 11.7. The van der Waals surface area contributed by atoms with E-state index in [4.69, 9.17) is 9.47 Å². The molecule has 4 aliphatic rings. The maximum atomic E-state index is 12.8. The average Bonchev–Trinajstić information content (AvgIpc) is 3.24. The molecule has 5 atom stereocenters. The van der Waals surface area contributed by atoms with Gasteiger partial charge in [-0.1, -0.05) is 29.8 Å². The Morgan fingerprint density at radius 1 is 1.11 bits per heavy atom. The van der Waals surface area contributed by atoms with Crippen LogP contribution >= 0.6 is 0 Å². The van der Waals surface area contributed by atoms with Crippen LogP contribution in [-0.4, -0.2) is 50.8 Å². The Kier molecular flexibility index (Phi) is 6.40. The number of hydrogen-bond donors (Lipinski definition) is 1. The summed E-state index contributed by atoms with van der Waals surface area (Å²) in [4.78, 5) is 14.9. The van der Waals surface area contributed by atoms with Gasteiger partial charge in [0.25, 0.3) is 0 Å². The molecule has 2 saturated carbocycles. The highest BCUT2D eigenvalue weighted by atomic mass is 16.7. The monoisotopic (exact) mass is 492 g/mol. The number of ketones is 1. The van der Waals surface area contributed by atoms with Gasteiger partial charge in [-0.2, -0.15) is 0 Å². The van der Waals surface area contributed by atoms with Crippen molar-refractivity contribution in [2.45, 2.75) is 64.1 Å². The Morgan fingerprint density at radius 2 is 1.81 bits per heavy atom. The zero-order chi connectivity index (χ0) is 25.8. The van der Waals surface area contributed by atoms with Crippen molar-refractivity contribution < 1.29 is 19.5 Å². The fraction of sp³-hybridized carbons (Fsp3) is 0.600. The number of Topliss-reactive ketones (excluding diaryl/α,β-unsaturated/α-hetero) is 1. The molecule has 0 aliphatic heterocycles. The van der Waals surface area contributed by atoms with Crippen molar-refractivity contribution in [3.8, 4) is 0 Å². The van der Waals surface area contributed by atoms with E-state index in [9.17, 15) is 10.0 Å². The molecule has 0 spiro atoms. The molecule has 1 N–H and O–H groups in total. The molecule has 0 heterocycles. The predicted molar refractivity (Wildman–Crippen MR) is 142 cm³/mol. The fourth-order valence-corrected chi connectivity index (χ4v) is 8.17. The first-order valence-electron chi connectivity index (χ1n) is 13.2. The van der Waals surface area contributed by atoms with E-state index in [2.05, 4.69) is 55.3 Å². The summed E-state index contributed by atoms with van der Waals surface area (Å²) in [5, 5.41) is 13.3. The summed E-state index contributed by atoms with van der Waals surface area (Å²) in [6.07, 6.45) is 7.58. The lowest BCUT2D eigenvalue weighted by molar-refractivity contribution is -0.153. The van der Waals surface area contributed by atoms with Crippen molar-refractivity contribution in [3.63, 3.8) is 0 Å². The zero-order valence-corrected chi connectivity index (χ0v) is 22.5. The minimum Gasteiger partial charge on any atom is -0.410 e. The smallest absolute Gasteiger partial charge is 0.219 e. The van der Waals surface area contributed by atoms with Crippen molar-refractivity contribution in [1.82, 2.24) is 0 Å². The number of benzene rings is 1. The molecule has 6 heteroatoms. The Bertz CT molecular complexity index is 1130. The lowest BCUT2D eigenvalue weighted by atomic mass is 9.51. The molecule has 1 aromatic carbocycles. The van der Waals surface area contributed by atoms with E-state index in [1.807, 2.05) is 6.08 Å². The number of methoxy groups -OCH3 is 2. The Morgan fingerprint density at radius 3 is 2.39 bits per heavy atom. The third kappa shape index (κ3) is 3.67. The molecule has 5 rings (SSSR count). The standard InChI is InChI=1S/C30H40N2O4/c1-18(33)25-13-14-26-22-12-9-20-15-27(31-34)30(35-5,36-6)17-24(20)28(22)23(16-29(25,26)2)19-7-10-21(11-8-19)32(3)4/h7-8,10-11,15,22-23,25-26,34H,9,12-14,16-17H2,1-6H3/t22-,23+,25+,26-,29+/m0/s1. The quantitative estimate of drug-likeness (QED) is 0.323. The molecule has 0 bridgehead atoms. The molecule has 6 nitrogen and oxygen atoms in total. The van der Waals surface area contributed by atoms with E-state index in [0.29, 0.717) is 29.8 Å². The molecule has 0 aromatic heterocycles. The highest BCUT2D eigenvalue weighted by Crippen LogP contribution is 2.66. The van der Waals surface area contributed by atoms with Crippen molar-refractivity contribution in [2.75, 3.05) is 33.2 Å². The van der Waals surface area contributed by atoms with E-state index >= 15 is 0 Å². The number of anilines is 1. The van der Waals surface area contributed by atoms with Gasteiger partial charge in [0.2, 0.25) is 5.79 Å². The summed E-state index contributed by atoms with van der Waals surface area (Å²) in [5.74, 6) is 0.530. The number of oxime groups is 1. The van der Waals surface area contributed by atoms with Crippen molar-refractivity contribution >= 4 is 17.2 Å². The number of carbonyl (C=O) groups excluding carboxylic acids is 1. The largest absolute Gasteiger partial charge is 0.410 e. The van der Waals surface area contributed by atoms with Crippen molar-refractivity contribution in [3.05, 3.63) is 52.6 Å². The number of rotatable bonds is 5. The van der Waals surface area contributed by atoms with Gasteiger partial charge in [0, 0.05) is 52.3 Å². The number of hydrogen-bond acceptors (Lipinski definition) is 6. The lowest BCUT2D eigenvalue weighted by Crippen LogP contribution is -2.48. The molecular weight excluding hydrogens is 452 g/mol. The second-order valence-electron chi connectivity index (χ2n) is 11.7. The van der Waals surface area contributed by atoms with Crippen LogP contribution in [0.4, 0.5) is 5.69 Å². The Labute approximate surface area is 215 Å². The van der Waals surface area contributed by atoms with Gasteiger partial charge in [0.05, 0.1) is 0 Å². The van der Waals surface area contributed by atoms with Gasteiger partial charge in [-0.3, -0.25) is 4.79 Å². The van der Waals surface area contributed by atoms with Gasteiger partial charge in [-0.15, -0.1) is 0 Å². The van der Waals surface area contributed by atoms with Gasteiger partial charge in [0.1, 0.15) is 11.5 Å². The van der Waals surface area contributed by atoms with E-state index in [0.717, 1.165) is 32.1 Å². The zero-order valence-electron chi connectivity index (χ0n) is 22.5. The average molecular weight is 493 g/mol.